The van der Waals surface area contributed by atoms with Gasteiger partial charge in [-0.1, -0.05) is 44.2 Å². The lowest BCUT2D eigenvalue weighted by atomic mass is 9.90. The third kappa shape index (κ3) is 3.88. The van der Waals surface area contributed by atoms with Gasteiger partial charge in [0.05, 0.1) is 5.92 Å². The average Bonchev–Trinajstić information content (AvgIpc) is 2.27. The van der Waals surface area contributed by atoms with Gasteiger partial charge in [0.1, 0.15) is 0 Å². The molecule has 0 bridgehead atoms. The molecular weight excluding hydrogens is 229 g/mol. The summed E-state index contributed by atoms with van der Waals surface area (Å²) < 4.78 is 37.1. The van der Waals surface area contributed by atoms with Gasteiger partial charge in [0, 0.05) is 11.5 Å². The number of carbonyl (C=O) groups is 1. The van der Waals surface area contributed by atoms with Gasteiger partial charge in [-0.25, -0.2) is 0 Å². The lowest BCUT2D eigenvalue weighted by Crippen LogP contribution is -2.24. The highest BCUT2D eigenvalue weighted by molar-refractivity contribution is 5.97. The van der Waals surface area contributed by atoms with E-state index in [1.165, 1.54) is 6.92 Å². The third-order valence-electron chi connectivity index (χ3n) is 2.77. The fraction of sp³-hybridized carbons (Fsp3) is 0.462. The van der Waals surface area contributed by atoms with Crippen molar-refractivity contribution in [3.8, 4) is 0 Å². The van der Waals surface area contributed by atoms with Crippen LogP contribution in [0.5, 0.6) is 0 Å². The monoisotopic (exact) mass is 244 g/mol. The van der Waals surface area contributed by atoms with Gasteiger partial charge in [-0.05, 0) is 6.42 Å². The van der Waals surface area contributed by atoms with E-state index < -0.39 is 18.0 Å². The molecule has 4 heteroatoms. The minimum Gasteiger partial charge on any atom is -0.294 e. The Labute approximate surface area is 98.6 Å². The predicted octanol–water partition coefficient (Wildman–Crippen LogP) is 4.09. The average molecular weight is 244 g/mol. The number of carbonyl (C=O) groups excluding carboxylic acids is 1. The van der Waals surface area contributed by atoms with Crippen LogP contribution >= 0.6 is 0 Å². The SMILES string of the molecule is CC(CC(C)C(F)(F)F)C(=O)c1ccccc1. The summed E-state index contributed by atoms with van der Waals surface area (Å²) in [6.07, 6.45) is -4.40. The van der Waals surface area contributed by atoms with Gasteiger partial charge in [-0.3, -0.25) is 4.79 Å². The van der Waals surface area contributed by atoms with Crippen LogP contribution in [0, 0.1) is 11.8 Å². The molecular formula is C13H15F3O. The fourth-order valence-corrected chi connectivity index (χ4v) is 1.66. The van der Waals surface area contributed by atoms with Crippen LogP contribution in [-0.2, 0) is 0 Å². The minimum atomic E-state index is -4.23. The van der Waals surface area contributed by atoms with Gasteiger partial charge in [0.15, 0.2) is 5.78 Å². The fourth-order valence-electron chi connectivity index (χ4n) is 1.66. The third-order valence-corrected chi connectivity index (χ3v) is 2.77. The van der Waals surface area contributed by atoms with Crippen molar-refractivity contribution < 1.29 is 18.0 Å². The van der Waals surface area contributed by atoms with E-state index in [0.717, 1.165) is 6.92 Å². The minimum absolute atomic E-state index is 0.169. The van der Waals surface area contributed by atoms with Crippen LogP contribution in [0.3, 0.4) is 0 Å². The Bertz CT molecular complexity index is 370. The summed E-state index contributed by atoms with van der Waals surface area (Å²) >= 11 is 0. The standard InChI is InChI=1S/C13H15F3O/c1-9(8-10(2)13(14,15)16)12(17)11-6-4-3-5-7-11/h3-7,9-10H,8H2,1-2H3. The zero-order valence-electron chi connectivity index (χ0n) is 9.79. The smallest absolute Gasteiger partial charge is 0.294 e. The molecule has 0 saturated heterocycles. The molecule has 1 aromatic rings. The van der Waals surface area contributed by atoms with E-state index in [2.05, 4.69) is 0 Å². The van der Waals surface area contributed by atoms with Crippen molar-refractivity contribution in [3.05, 3.63) is 35.9 Å². The second-order valence-corrected chi connectivity index (χ2v) is 4.31. The van der Waals surface area contributed by atoms with Crippen LogP contribution < -0.4 is 0 Å². The number of alkyl halides is 3. The van der Waals surface area contributed by atoms with E-state index in [1.807, 2.05) is 0 Å². The van der Waals surface area contributed by atoms with Crippen molar-refractivity contribution in [2.24, 2.45) is 11.8 Å². The zero-order chi connectivity index (χ0) is 13.1. The maximum Gasteiger partial charge on any atom is 0.391 e. The number of Topliss-reactive ketones (excluding diaryl/α,β-unsaturated/α-hetero) is 1. The Kier molecular flexibility index (Phi) is 4.32. The zero-order valence-corrected chi connectivity index (χ0v) is 9.79. The Morgan fingerprint density at radius 2 is 1.71 bits per heavy atom. The Balaban J connectivity index is 2.66. The van der Waals surface area contributed by atoms with Crippen LogP contribution in [0.4, 0.5) is 13.2 Å². The van der Waals surface area contributed by atoms with Crippen LogP contribution in [0.15, 0.2) is 30.3 Å². The van der Waals surface area contributed by atoms with E-state index >= 15 is 0 Å². The molecule has 2 unspecified atom stereocenters. The van der Waals surface area contributed by atoms with Crippen LogP contribution in [0.2, 0.25) is 0 Å². The normalized spacial score (nSPS) is 15.4. The van der Waals surface area contributed by atoms with Crippen molar-refractivity contribution >= 4 is 5.78 Å². The molecule has 94 valence electrons. The molecule has 0 aliphatic carbocycles. The summed E-state index contributed by atoms with van der Waals surface area (Å²) in [4.78, 5) is 11.8. The summed E-state index contributed by atoms with van der Waals surface area (Å²) in [6, 6.07) is 8.41. The number of benzene rings is 1. The van der Waals surface area contributed by atoms with Crippen LogP contribution in [-0.4, -0.2) is 12.0 Å². The molecule has 0 saturated carbocycles. The van der Waals surface area contributed by atoms with Crippen molar-refractivity contribution in [3.63, 3.8) is 0 Å². The molecule has 0 heterocycles. The molecule has 0 aromatic heterocycles. The topological polar surface area (TPSA) is 17.1 Å². The van der Waals surface area contributed by atoms with Gasteiger partial charge < -0.3 is 0 Å². The molecule has 0 spiro atoms. The first-order chi connectivity index (χ1) is 7.82. The molecule has 0 aliphatic rings. The second-order valence-electron chi connectivity index (χ2n) is 4.31. The maximum atomic E-state index is 12.4. The lowest BCUT2D eigenvalue weighted by molar-refractivity contribution is -0.172. The van der Waals surface area contributed by atoms with Gasteiger partial charge in [-0.15, -0.1) is 0 Å². The molecule has 0 N–H and O–H groups in total. The first-order valence-electron chi connectivity index (χ1n) is 5.48. The summed E-state index contributed by atoms with van der Waals surface area (Å²) in [6.45, 7) is 2.65. The molecule has 0 radical (unpaired) electrons. The second kappa shape index (κ2) is 5.34. The van der Waals surface area contributed by atoms with Crippen LogP contribution in [0.1, 0.15) is 30.6 Å². The highest BCUT2D eigenvalue weighted by Gasteiger charge is 2.37. The quantitative estimate of drug-likeness (QED) is 0.729. The van der Waals surface area contributed by atoms with Crippen molar-refractivity contribution in [1.29, 1.82) is 0 Å². The van der Waals surface area contributed by atoms with E-state index in [-0.39, 0.29) is 12.2 Å². The number of hydrogen-bond donors (Lipinski definition) is 0. The molecule has 1 rings (SSSR count). The first kappa shape index (κ1) is 13.7. The van der Waals surface area contributed by atoms with Gasteiger partial charge >= 0.3 is 6.18 Å². The largest absolute Gasteiger partial charge is 0.391 e. The molecule has 1 nitrogen and oxygen atoms in total. The van der Waals surface area contributed by atoms with Gasteiger partial charge in [0.25, 0.3) is 0 Å². The van der Waals surface area contributed by atoms with Crippen LogP contribution in [0.25, 0.3) is 0 Å². The highest BCUT2D eigenvalue weighted by atomic mass is 19.4. The van der Waals surface area contributed by atoms with Gasteiger partial charge in [-0.2, -0.15) is 13.2 Å². The Hall–Kier alpha value is -1.32. The number of halogens is 3. The highest BCUT2D eigenvalue weighted by Crippen LogP contribution is 2.31. The Morgan fingerprint density at radius 1 is 1.18 bits per heavy atom. The maximum absolute atomic E-state index is 12.4. The molecule has 0 aliphatic heterocycles. The lowest BCUT2D eigenvalue weighted by Gasteiger charge is -2.19. The summed E-state index contributed by atoms with van der Waals surface area (Å²) in [7, 11) is 0. The van der Waals surface area contributed by atoms with E-state index in [1.54, 1.807) is 30.3 Å². The predicted molar refractivity (Wildman–Crippen MR) is 59.8 cm³/mol. The molecule has 17 heavy (non-hydrogen) atoms. The summed E-state index contributed by atoms with van der Waals surface area (Å²) in [5.41, 5.74) is 0.467. The summed E-state index contributed by atoms with van der Waals surface area (Å²) in [5, 5.41) is 0. The number of rotatable bonds is 4. The number of ketones is 1. The van der Waals surface area contributed by atoms with Crippen molar-refractivity contribution in [2.45, 2.75) is 26.4 Å². The molecule has 2 atom stereocenters. The first-order valence-corrected chi connectivity index (χ1v) is 5.48. The summed E-state index contributed by atoms with van der Waals surface area (Å²) in [5.74, 6) is -2.30. The van der Waals surface area contributed by atoms with Crippen molar-refractivity contribution in [1.82, 2.24) is 0 Å². The number of hydrogen-bond acceptors (Lipinski definition) is 1. The van der Waals surface area contributed by atoms with E-state index in [9.17, 15) is 18.0 Å². The molecule has 0 fully saturated rings. The molecule has 1 aromatic carbocycles. The Morgan fingerprint density at radius 3 is 2.18 bits per heavy atom. The van der Waals surface area contributed by atoms with E-state index in [0.29, 0.717) is 5.56 Å². The van der Waals surface area contributed by atoms with Crippen molar-refractivity contribution in [2.75, 3.05) is 0 Å². The van der Waals surface area contributed by atoms with Gasteiger partial charge in [0.2, 0.25) is 0 Å². The van der Waals surface area contributed by atoms with E-state index in [4.69, 9.17) is 0 Å². The molecule has 0 amide bonds.